The number of carbonyl (C=O) groups is 1. The number of amides is 1. The molecule has 7 nitrogen and oxygen atoms in total. The first-order valence-electron chi connectivity index (χ1n) is 9.86. The summed E-state index contributed by atoms with van der Waals surface area (Å²) >= 11 is 0. The van der Waals surface area contributed by atoms with E-state index in [1.54, 1.807) is 4.68 Å². The van der Waals surface area contributed by atoms with Gasteiger partial charge >= 0.3 is 0 Å². The second-order valence-electron chi connectivity index (χ2n) is 7.48. The van der Waals surface area contributed by atoms with Gasteiger partial charge in [0.05, 0.1) is 12.6 Å². The molecule has 1 amide bonds. The Hall–Kier alpha value is -3.06. The van der Waals surface area contributed by atoms with Gasteiger partial charge in [-0.15, -0.1) is 5.10 Å². The third-order valence-electron chi connectivity index (χ3n) is 4.99. The molecular weight excluding hydrogens is 364 g/mol. The van der Waals surface area contributed by atoms with Gasteiger partial charge in [-0.05, 0) is 48.9 Å². The number of nitrogens with zero attached hydrogens (tertiary/aromatic N) is 5. The van der Waals surface area contributed by atoms with Gasteiger partial charge in [0.1, 0.15) is 6.54 Å². The smallest absolute Gasteiger partial charge is 0.242 e. The summed E-state index contributed by atoms with van der Waals surface area (Å²) in [6, 6.07) is 20.4. The molecule has 0 unspecified atom stereocenters. The summed E-state index contributed by atoms with van der Waals surface area (Å²) in [7, 11) is 2.01. The van der Waals surface area contributed by atoms with Gasteiger partial charge < -0.3 is 5.32 Å². The Kier molecular flexibility index (Phi) is 7.08. The monoisotopic (exact) mass is 392 g/mol. The Morgan fingerprint density at radius 3 is 2.38 bits per heavy atom. The Morgan fingerprint density at radius 1 is 1.07 bits per heavy atom. The van der Waals surface area contributed by atoms with Crippen LogP contribution in [0.3, 0.4) is 0 Å². The van der Waals surface area contributed by atoms with E-state index in [4.69, 9.17) is 0 Å². The van der Waals surface area contributed by atoms with Gasteiger partial charge in [0.2, 0.25) is 5.91 Å². The molecule has 29 heavy (non-hydrogen) atoms. The molecule has 1 heterocycles. The zero-order valence-electron chi connectivity index (χ0n) is 17.2. The average Bonchev–Trinajstić information content (AvgIpc) is 3.15. The fourth-order valence-corrected chi connectivity index (χ4v) is 3.03. The van der Waals surface area contributed by atoms with Crippen LogP contribution < -0.4 is 5.32 Å². The maximum atomic E-state index is 12.8. The number of nitrogens with one attached hydrogen (secondary N) is 1. The van der Waals surface area contributed by atoms with Crippen LogP contribution in [0.1, 0.15) is 36.8 Å². The molecule has 3 rings (SSSR count). The summed E-state index contributed by atoms with van der Waals surface area (Å²) in [5, 5.41) is 15.0. The van der Waals surface area contributed by atoms with Crippen LogP contribution in [0.5, 0.6) is 0 Å². The second-order valence-corrected chi connectivity index (χ2v) is 7.48. The predicted molar refractivity (Wildman–Crippen MR) is 112 cm³/mol. The highest BCUT2D eigenvalue weighted by molar-refractivity contribution is 5.76. The van der Waals surface area contributed by atoms with Gasteiger partial charge in [-0.1, -0.05) is 60.7 Å². The van der Waals surface area contributed by atoms with Gasteiger partial charge in [0.25, 0.3) is 0 Å². The van der Waals surface area contributed by atoms with Gasteiger partial charge in [0.15, 0.2) is 5.82 Å². The van der Waals surface area contributed by atoms with Gasteiger partial charge in [-0.25, -0.2) is 4.68 Å². The van der Waals surface area contributed by atoms with Crippen molar-refractivity contribution in [3.05, 3.63) is 77.6 Å². The van der Waals surface area contributed by atoms with E-state index in [1.807, 2.05) is 55.6 Å². The molecule has 2 aromatic carbocycles. The lowest BCUT2D eigenvalue weighted by molar-refractivity contribution is -0.122. The lowest BCUT2D eigenvalue weighted by Crippen LogP contribution is -2.34. The number of rotatable bonds is 9. The molecule has 0 fully saturated rings. The largest absolute Gasteiger partial charge is 0.347 e. The van der Waals surface area contributed by atoms with Crippen LogP contribution in [-0.4, -0.2) is 44.1 Å². The highest BCUT2D eigenvalue weighted by Gasteiger charge is 2.18. The van der Waals surface area contributed by atoms with E-state index in [9.17, 15) is 4.79 Å². The van der Waals surface area contributed by atoms with Gasteiger partial charge in [-0.2, -0.15) is 0 Å². The number of carbonyl (C=O) groups excluding carboxylic acids is 1. The van der Waals surface area contributed by atoms with Crippen molar-refractivity contribution in [2.75, 3.05) is 7.05 Å². The van der Waals surface area contributed by atoms with Crippen LogP contribution in [0.15, 0.2) is 60.7 Å². The molecule has 152 valence electrons. The molecule has 0 aliphatic carbocycles. The first-order chi connectivity index (χ1) is 14.0. The summed E-state index contributed by atoms with van der Waals surface area (Å²) in [5.74, 6) is 0.561. The van der Waals surface area contributed by atoms with Crippen molar-refractivity contribution in [1.82, 2.24) is 30.4 Å². The summed E-state index contributed by atoms with van der Waals surface area (Å²) in [4.78, 5) is 14.9. The average molecular weight is 393 g/mol. The number of hydrogen-bond donors (Lipinski definition) is 1. The molecule has 1 atom stereocenters. The van der Waals surface area contributed by atoms with E-state index in [0.29, 0.717) is 18.4 Å². The second kappa shape index (κ2) is 9.93. The van der Waals surface area contributed by atoms with Crippen molar-refractivity contribution in [3.8, 4) is 0 Å². The molecule has 0 saturated carbocycles. The van der Waals surface area contributed by atoms with Crippen LogP contribution in [0.4, 0.5) is 0 Å². The highest BCUT2D eigenvalue weighted by Crippen LogP contribution is 2.18. The van der Waals surface area contributed by atoms with Crippen LogP contribution in [-0.2, 0) is 24.3 Å². The van der Waals surface area contributed by atoms with Crippen molar-refractivity contribution in [2.24, 2.45) is 0 Å². The van der Waals surface area contributed by atoms with Gasteiger partial charge in [0, 0.05) is 6.04 Å². The molecule has 1 N–H and O–H groups in total. The van der Waals surface area contributed by atoms with Crippen molar-refractivity contribution < 1.29 is 4.79 Å². The Bertz CT molecular complexity index is 894. The predicted octanol–water partition coefficient (Wildman–Crippen LogP) is 2.61. The Labute approximate surface area is 171 Å². The highest BCUT2D eigenvalue weighted by atomic mass is 16.2. The van der Waals surface area contributed by atoms with E-state index in [-0.39, 0.29) is 18.5 Å². The number of aromatic nitrogens is 4. The standard InChI is InChI=1S/C22H28N6O/c1-17(2)27(3)15-21-24-25-26-28(21)16-22(29)23-20(19-12-8-5-9-13-19)14-18-10-6-4-7-11-18/h4-13,17,20H,14-16H2,1-3H3,(H,23,29)/t20-/m1/s1. The topological polar surface area (TPSA) is 75.9 Å². The zero-order valence-corrected chi connectivity index (χ0v) is 17.2. The molecule has 7 heteroatoms. The molecule has 0 spiro atoms. The van der Waals surface area contributed by atoms with E-state index in [0.717, 1.165) is 12.0 Å². The minimum atomic E-state index is -0.121. The fraction of sp³-hybridized carbons (Fsp3) is 0.364. The van der Waals surface area contributed by atoms with E-state index in [2.05, 4.69) is 51.7 Å². The third-order valence-corrected chi connectivity index (χ3v) is 4.99. The maximum absolute atomic E-state index is 12.8. The van der Waals surface area contributed by atoms with Crippen molar-refractivity contribution in [2.45, 2.75) is 45.4 Å². The van der Waals surface area contributed by atoms with Crippen molar-refractivity contribution >= 4 is 5.91 Å². The minimum Gasteiger partial charge on any atom is -0.347 e. The summed E-state index contributed by atoms with van der Waals surface area (Å²) in [5.41, 5.74) is 2.24. The summed E-state index contributed by atoms with van der Waals surface area (Å²) in [6.45, 7) is 4.89. The molecule has 1 aromatic heterocycles. The minimum absolute atomic E-state index is 0.0897. The third kappa shape index (κ3) is 5.96. The van der Waals surface area contributed by atoms with Crippen molar-refractivity contribution in [1.29, 1.82) is 0 Å². The van der Waals surface area contributed by atoms with E-state index < -0.39 is 0 Å². The molecular formula is C22H28N6O. The SMILES string of the molecule is CC(C)N(C)Cc1nnnn1CC(=O)N[C@H](Cc1ccccc1)c1ccccc1. The molecule has 0 saturated heterocycles. The molecule has 0 bridgehead atoms. The summed E-state index contributed by atoms with van der Waals surface area (Å²) in [6.07, 6.45) is 0.717. The number of benzene rings is 2. The molecule has 3 aromatic rings. The molecule has 0 aliphatic heterocycles. The van der Waals surface area contributed by atoms with Gasteiger partial charge in [-0.3, -0.25) is 9.69 Å². The number of tetrazole rings is 1. The quantitative estimate of drug-likeness (QED) is 0.606. The lowest BCUT2D eigenvalue weighted by Gasteiger charge is -2.21. The summed E-state index contributed by atoms with van der Waals surface area (Å²) < 4.78 is 1.57. The Morgan fingerprint density at radius 2 is 1.72 bits per heavy atom. The first kappa shape index (κ1) is 20.7. The van der Waals surface area contributed by atoms with Crippen molar-refractivity contribution in [3.63, 3.8) is 0 Å². The lowest BCUT2D eigenvalue weighted by atomic mass is 9.99. The molecule has 0 aliphatic rings. The van der Waals surface area contributed by atoms with E-state index >= 15 is 0 Å². The Balaban J connectivity index is 1.70. The van der Waals surface area contributed by atoms with Crippen LogP contribution >= 0.6 is 0 Å². The fourth-order valence-electron chi connectivity index (χ4n) is 3.03. The number of hydrogen-bond acceptors (Lipinski definition) is 5. The maximum Gasteiger partial charge on any atom is 0.242 e. The van der Waals surface area contributed by atoms with E-state index in [1.165, 1.54) is 5.56 Å². The molecule has 0 radical (unpaired) electrons. The van der Waals surface area contributed by atoms with Crippen LogP contribution in [0, 0.1) is 0 Å². The van der Waals surface area contributed by atoms with Crippen LogP contribution in [0.2, 0.25) is 0 Å². The van der Waals surface area contributed by atoms with Crippen LogP contribution in [0.25, 0.3) is 0 Å². The zero-order chi connectivity index (χ0) is 20.6. The normalized spacial score (nSPS) is 12.3. The first-order valence-corrected chi connectivity index (χ1v) is 9.86.